The first-order valence-electron chi connectivity index (χ1n) is 19.1. The minimum atomic E-state index is -0.249. The Morgan fingerprint density at radius 1 is 0.345 bits per heavy atom. The highest BCUT2D eigenvalue weighted by Gasteiger charge is 2.35. The number of fused-ring (bicyclic) bond motifs is 2. The summed E-state index contributed by atoms with van der Waals surface area (Å²) in [5, 5.41) is 10.3. The zero-order valence-electron chi connectivity index (χ0n) is 30.7. The average molecular weight is 701 g/mol. The molecule has 11 rings (SSSR count). The van der Waals surface area contributed by atoms with E-state index in [-0.39, 0.29) is 5.41 Å². The number of nitrogens with zero attached hydrogens (tertiary/aromatic N) is 2. The van der Waals surface area contributed by atoms with Crippen molar-refractivity contribution in [1.82, 2.24) is 9.97 Å². The van der Waals surface area contributed by atoms with E-state index in [0.29, 0.717) is 0 Å². The SMILES string of the molecule is CC1(C)c2cc(-c3nc(-c4ccccc4)cc(-c4ccccc4)n3)cc3ccc4cc(-c5c6ccccc6c(-c6ccccc6)c6ccccc56)cc1c4c23. The molecule has 0 saturated heterocycles. The van der Waals surface area contributed by atoms with Crippen molar-refractivity contribution < 1.29 is 0 Å². The minimum absolute atomic E-state index is 0.249. The zero-order chi connectivity index (χ0) is 36.7. The summed E-state index contributed by atoms with van der Waals surface area (Å²) in [5.74, 6) is 0.738. The molecule has 9 aromatic carbocycles. The molecule has 10 aromatic rings. The molecule has 0 radical (unpaired) electrons. The molecular weight excluding hydrogens is 665 g/mol. The van der Waals surface area contributed by atoms with Crippen LogP contribution in [-0.2, 0) is 5.41 Å². The van der Waals surface area contributed by atoms with Gasteiger partial charge in [0.2, 0.25) is 0 Å². The van der Waals surface area contributed by atoms with Gasteiger partial charge in [-0.1, -0.05) is 166 Å². The smallest absolute Gasteiger partial charge is 0.160 e. The maximum absolute atomic E-state index is 5.22. The molecule has 0 N–H and O–H groups in total. The van der Waals surface area contributed by atoms with Gasteiger partial charge in [0, 0.05) is 22.1 Å². The van der Waals surface area contributed by atoms with Crippen LogP contribution in [0, 0.1) is 0 Å². The summed E-state index contributed by atoms with van der Waals surface area (Å²) in [4.78, 5) is 10.4. The lowest BCUT2D eigenvalue weighted by molar-refractivity contribution is 0.663. The number of aromatic nitrogens is 2. The van der Waals surface area contributed by atoms with E-state index in [1.54, 1.807) is 0 Å². The van der Waals surface area contributed by atoms with Gasteiger partial charge in [-0.25, -0.2) is 9.97 Å². The van der Waals surface area contributed by atoms with E-state index in [0.717, 1.165) is 33.9 Å². The summed E-state index contributed by atoms with van der Waals surface area (Å²) in [5.41, 5.74) is 12.5. The molecule has 1 aliphatic carbocycles. The summed E-state index contributed by atoms with van der Waals surface area (Å²) in [7, 11) is 0. The molecule has 0 saturated carbocycles. The molecule has 1 aromatic heterocycles. The Morgan fingerprint density at radius 2 is 0.727 bits per heavy atom. The lowest BCUT2D eigenvalue weighted by atomic mass is 9.79. The van der Waals surface area contributed by atoms with E-state index in [2.05, 4.69) is 184 Å². The predicted octanol–water partition coefficient (Wildman–Crippen LogP) is 14.1. The van der Waals surface area contributed by atoms with Crippen LogP contribution in [0.2, 0.25) is 0 Å². The third kappa shape index (κ3) is 4.88. The standard InChI is InChI=1S/C53H36N2/c1-53(2)44-30-38(49-42-24-14-12-22-40(42)48(35-20-10-5-11-21-35)41-23-13-15-25-43(41)49)28-36-26-27-37-29-39(31-45(53)51(37)50(36)44)52-54-46(33-16-6-3-7-17-33)32-47(55-52)34-18-8-4-9-19-34/h3-32H,1-2H3. The molecule has 2 nitrogen and oxygen atoms in total. The van der Waals surface area contributed by atoms with Crippen LogP contribution in [-0.4, -0.2) is 9.97 Å². The van der Waals surface area contributed by atoms with E-state index in [1.165, 1.54) is 76.5 Å². The fraction of sp³-hybridized carbons (Fsp3) is 0.0566. The van der Waals surface area contributed by atoms with E-state index < -0.39 is 0 Å². The van der Waals surface area contributed by atoms with Crippen molar-refractivity contribution in [2.45, 2.75) is 19.3 Å². The quantitative estimate of drug-likeness (QED) is 0.132. The average Bonchev–Trinajstić information content (AvgIpc) is 3.48. The molecule has 0 atom stereocenters. The Bertz CT molecular complexity index is 3030. The van der Waals surface area contributed by atoms with Gasteiger partial charge < -0.3 is 0 Å². The van der Waals surface area contributed by atoms with Crippen LogP contribution in [0.3, 0.4) is 0 Å². The Kier molecular flexibility index (Phi) is 6.93. The number of benzene rings is 9. The molecule has 55 heavy (non-hydrogen) atoms. The minimum Gasteiger partial charge on any atom is -0.228 e. The molecule has 2 heteroatoms. The van der Waals surface area contributed by atoms with Crippen molar-refractivity contribution in [2.75, 3.05) is 0 Å². The first-order valence-corrected chi connectivity index (χ1v) is 19.1. The van der Waals surface area contributed by atoms with Crippen molar-refractivity contribution >= 4 is 43.1 Å². The van der Waals surface area contributed by atoms with Gasteiger partial charge in [0.1, 0.15) is 0 Å². The van der Waals surface area contributed by atoms with Crippen molar-refractivity contribution in [2.24, 2.45) is 0 Å². The molecule has 0 bridgehead atoms. The molecule has 0 unspecified atom stereocenters. The van der Waals surface area contributed by atoms with E-state index >= 15 is 0 Å². The summed E-state index contributed by atoms with van der Waals surface area (Å²) >= 11 is 0. The van der Waals surface area contributed by atoms with Gasteiger partial charge >= 0.3 is 0 Å². The highest BCUT2D eigenvalue weighted by molar-refractivity contribution is 6.23. The van der Waals surface area contributed by atoms with Gasteiger partial charge in [-0.3, -0.25) is 0 Å². The van der Waals surface area contributed by atoms with Gasteiger partial charge in [0.05, 0.1) is 11.4 Å². The molecule has 0 amide bonds. The Morgan fingerprint density at radius 3 is 1.20 bits per heavy atom. The molecule has 0 spiro atoms. The number of hydrogen-bond donors (Lipinski definition) is 0. The van der Waals surface area contributed by atoms with E-state index in [4.69, 9.17) is 9.97 Å². The molecule has 1 aliphatic rings. The lowest BCUT2D eigenvalue weighted by Gasteiger charge is -2.24. The summed E-state index contributed by atoms with van der Waals surface area (Å²) in [6, 6.07) is 65.8. The summed E-state index contributed by atoms with van der Waals surface area (Å²) in [6.45, 7) is 4.77. The fourth-order valence-electron chi connectivity index (χ4n) is 9.18. The maximum Gasteiger partial charge on any atom is 0.160 e. The van der Waals surface area contributed by atoms with Gasteiger partial charge in [0.15, 0.2) is 5.82 Å². The van der Waals surface area contributed by atoms with Crippen LogP contribution in [0.15, 0.2) is 182 Å². The van der Waals surface area contributed by atoms with E-state index in [1.807, 2.05) is 12.1 Å². The fourth-order valence-corrected chi connectivity index (χ4v) is 9.18. The van der Waals surface area contributed by atoms with Gasteiger partial charge in [-0.2, -0.15) is 0 Å². The number of rotatable bonds is 5. The van der Waals surface area contributed by atoms with Gasteiger partial charge in [-0.15, -0.1) is 0 Å². The molecule has 0 aliphatic heterocycles. The topological polar surface area (TPSA) is 25.8 Å². The van der Waals surface area contributed by atoms with Crippen LogP contribution in [0.4, 0.5) is 0 Å². The molecule has 258 valence electrons. The molecule has 0 fully saturated rings. The zero-order valence-corrected chi connectivity index (χ0v) is 30.7. The Balaban J connectivity index is 1.12. The predicted molar refractivity (Wildman–Crippen MR) is 231 cm³/mol. The van der Waals surface area contributed by atoms with Crippen molar-refractivity contribution in [3.8, 4) is 56.2 Å². The first-order chi connectivity index (χ1) is 27.0. The molecular formula is C53H36N2. The third-order valence-electron chi connectivity index (χ3n) is 11.8. The van der Waals surface area contributed by atoms with Crippen LogP contribution < -0.4 is 0 Å². The third-order valence-corrected chi connectivity index (χ3v) is 11.8. The van der Waals surface area contributed by atoms with Crippen LogP contribution in [0.25, 0.3) is 99.2 Å². The van der Waals surface area contributed by atoms with Gasteiger partial charge in [-0.05, 0) is 107 Å². The largest absolute Gasteiger partial charge is 0.228 e. The highest BCUT2D eigenvalue weighted by atomic mass is 14.9. The van der Waals surface area contributed by atoms with Crippen molar-refractivity contribution in [1.29, 1.82) is 0 Å². The first kappa shape index (κ1) is 31.6. The Labute approximate surface area is 320 Å². The summed E-state index contributed by atoms with van der Waals surface area (Å²) < 4.78 is 0. The normalized spacial score (nSPS) is 13.1. The maximum atomic E-state index is 5.22. The lowest BCUT2D eigenvalue weighted by Crippen LogP contribution is -2.15. The second-order valence-electron chi connectivity index (χ2n) is 15.3. The monoisotopic (exact) mass is 700 g/mol. The molecule has 1 heterocycles. The highest BCUT2D eigenvalue weighted by Crippen LogP contribution is 2.52. The van der Waals surface area contributed by atoms with Crippen LogP contribution in [0.5, 0.6) is 0 Å². The summed E-state index contributed by atoms with van der Waals surface area (Å²) in [6.07, 6.45) is 0. The second-order valence-corrected chi connectivity index (χ2v) is 15.3. The Hall–Kier alpha value is -6.90. The van der Waals surface area contributed by atoms with Gasteiger partial charge in [0.25, 0.3) is 0 Å². The van der Waals surface area contributed by atoms with Crippen LogP contribution >= 0.6 is 0 Å². The van der Waals surface area contributed by atoms with Crippen molar-refractivity contribution in [3.63, 3.8) is 0 Å². The second kappa shape index (κ2) is 12.1. The van der Waals surface area contributed by atoms with Crippen molar-refractivity contribution in [3.05, 3.63) is 193 Å². The number of hydrogen-bond acceptors (Lipinski definition) is 2. The van der Waals surface area contributed by atoms with E-state index in [9.17, 15) is 0 Å². The van der Waals surface area contributed by atoms with Crippen LogP contribution in [0.1, 0.15) is 25.0 Å².